The van der Waals surface area contributed by atoms with Crippen molar-refractivity contribution < 1.29 is 14.2 Å². The van der Waals surface area contributed by atoms with Crippen LogP contribution in [0.4, 0.5) is 17.1 Å². The predicted octanol–water partition coefficient (Wildman–Crippen LogP) is 22.7. The van der Waals surface area contributed by atoms with Crippen molar-refractivity contribution in [2.24, 2.45) is 0 Å². The third-order valence-electron chi connectivity index (χ3n) is 20.1. The van der Waals surface area contributed by atoms with E-state index in [9.17, 15) is 0 Å². The third kappa shape index (κ3) is 7.07. The van der Waals surface area contributed by atoms with E-state index in [1.54, 1.807) is 11.8 Å². The third-order valence-corrected chi connectivity index (χ3v) is 22.4. The second kappa shape index (κ2) is 18.5. The van der Waals surface area contributed by atoms with Gasteiger partial charge in [0, 0.05) is 65.4 Å². The summed E-state index contributed by atoms with van der Waals surface area (Å²) >= 11 is 3.73. The molecule has 422 valence electrons. The number of rotatable bonds is 6. The molecule has 18 rings (SSSR count). The van der Waals surface area contributed by atoms with Crippen LogP contribution in [0.5, 0.6) is 34.5 Å². The van der Waals surface area contributed by atoms with Gasteiger partial charge in [-0.25, -0.2) is 0 Å². The fraction of sp³-hybridized carbons (Fsp3) is 0.122. The summed E-state index contributed by atoms with van der Waals surface area (Å²) in [5.41, 5.74) is 24.0. The first-order valence-electron chi connectivity index (χ1n) is 30.5. The van der Waals surface area contributed by atoms with Crippen molar-refractivity contribution in [1.82, 2.24) is 0 Å². The van der Waals surface area contributed by atoms with Crippen LogP contribution in [0.15, 0.2) is 268 Å². The molecule has 12 aromatic rings. The molecule has 0 atom stereocenters. The maximum absolute atomic E-state index is 7.39. The Morgan fingerprint density at radius 3 is 1.55 bits per heavy atom. The van der Waals surface area contributed by atoms with Crippen molar-refractivity contribution in [3.8, 4) is 79.0 Å². The zero-order valence-corrected chi connectivity index (χ0v) is 51.3. The lowest BCUT2D eigenvalue weighted by molar-refractivity contribution is 0.361. The summed E-state index contributed by atoms with van der Waals surface area (Å²) in [6.45, 7) is 14.3. The van der Waals surface area contributed by atoms with E-state index in [4.69, 9.17) is 14.2 Å². The van der Waals surface area contributed by atoms with Gasteiger partial charge >= 0.3 is 0 Å². The molecule has 3 heterocycles. The zero-order valence-electron chi connectivity index (χ0n) is 49.7. The quantitative estimate of drug-likeness (QED) is 0.165. The first-order valence-corrected chi connectivity index (χ1v) is 32.2. The average Bonchev–Trinajstić information content (AvgIpc) is 1.61. The van der Waals surface area contributed by atoms with Gasteiger partial charge in [0.05, 0.1) is 15.2 Å². The second-order valence-corrected chi connectivity index (χ2v) is 28.0. The van der Waals surface area contributed by atoms with Crippen LogP contribution in [0.2, 0.25) is 0 Å². The van der Waals surface area contributed by atoms with Gasteiger partial charge in [-0.3, -0.25) is 0 Å². The normalized spacial score (nSPS) is 15.9. The van der Waals surface area contributed by atoms with Crippen molar-refractivity contribution in [2.75, 3.05) is 4.90 Å². The lowest BCUT2D eigenvalue weighted by Gasteiger charge is -2.36. The SMILES string of the molecule is CC1(C)c2ccccc2Sc2c1ccc1c2-c2ccc(N(c3ccc(-c4cccc5c4Oc4c(ccc6c4-c4ccccc4C6(c4ccccc4)c4ccccc4)O5)cc3)c3ccc4c(c3)C(C)(C)c3ccc5c(c3-4)Oc3ccccc3S5)cc2C1(C)C. The first kappa shape index (κ1) is 51.7. The summed E-state index contributed by atoms with van der Waals surface area (Å²) < 4.78 is 21.2. The molecule has 12 aromatic carbocycles. The van der Waals surface area contributed by atoms with Gasteiger partial charge in [-0.1, -0.05) is 241 Å². The topological polar surface area (TPSA) is 30.9 Å². The summed E-state index contributed by atoms with van der Waals surface area (Å²) in [5.74, 6) is 4.67. The molecule has 3 aliphatic heterocycles. The van der Waals surface area contributed by atoms with Crippen LogP contribution in [-0.4, -0.2) is 0 Å². The Hall–Kier alpha value is -9.46. The van der Waals surface area contributed by atoms with Crippen molar-refractivity contribution in [1.29, 1.82) is 0 Å². The standard InChI is InChI=1S/C82H59NO3S2/c1-79(2)59-27-15-17-30-69(59)88-78-63(79)41-40-61-74(78)57-39-37-53(47-65(57)81(61,5)6)83(52-36-38-56-64(46-52)80(3,4)60-43-45-71-77(72(56)60)85-66-28-16-18-31-70(66)87-71)51-34-32-48(33-35-51)54-25-19-29-67-75(54)86-76-68(84-67)44-42-62-73(76)55-24-13-14-26-58(55)82(62,49-20-9-7-10-21-49)50-22-11-8-12-23-50/h7-47H,1-6H3. The van der Waals surface area contributed by atoms with Gasteiger partial charge < -0.3 is 19.1 Å². The molecule has 88 heavy (non-hydrogen) atoms. The molecule has 0 aromatic heterocycles. The lowest BCUT2D eigenvalue weighted by Crippen LogP contribution is -2.28. The maximum atomic E-state index is 7.39. The molecule has 3 aliphatic carbocycles. The van der Waals surface area contributed by atoms with Crippen LogP contribution < -0.4 is 19.1 Å². The van der Waals surface area contributed by atoms with E-state index in [1.165, 1.54) is 87.7 Å². The van der Waals surface area contributed by atoms with E-state index < -0.39 is 5.41 Å². The Balaban J connectivity index is 0.768. The largest absolute Gasteiger partial charge is 0.454 e. The van der Waals surface area contributed by atoms with Gasteiger partial charge in [0.2, 0.25) is 0 Å². The monoisotopic (exact) mass is 1170 g/mol. The number of ether oxygens (including phenoxy) is 3. The summed E-state index contributed by atoms with van der Waals surface area (Å²) in [4.78, 5) is 7.46. The molecule has 0 spiro atoms. The molecule has 0 fully saturated rings. The molecule has 0 radical (unpaired) electrons. The highest BCUT2D eigenvalue weighted by atomic mass is 32.2. The second-order valence-electron chi connectivity index (χ2n) is 25.8. The molecule has 0 bridgehead atoms. The van der Waals surface area contributed by atoms with Crippen molar-refractivity contribution >= 4 is 40.6 Å². The Bertz CT molecular complexity index is 4940. The Kier molecular flexibility index (Phi) is 10.9. The first-order chi connectivity index (χ1) is 42.9. The molecule has 6 heteroatoms. The molecular weight excluding hydrogens is 1110 g/mol. The molecular formula is C82H59NO3S2. The summed E-state index contributed by atoms with van der Waals surface area (Å²) in [7, 11) is 0. The molecule has 0 saturated carbocycles. The number of nitrogens with zero attached hydrogens (tertiary/aromatic N) is 1. The van der Waals surface area contributed by atoms with Crippen LogP contribution in [0.3, 0.4) is 0 Å². The highest BCUT2D eigenvalue weighted by molar-refractivity contribution is 8.00. The van der Waals surface area contributed by atoms with Gasteiger partial charge in [-0.05, 0) is 151 Å². The van der Waals surface area contributed by atoms with Gasteiger partial charge in [0.15, 0.2) is 23.0 Å². The smallest absolute Gasteiger partial charge is 0.178 e. The van der Waals surface area contributed by atoms with Gasteiger partial charge in [0.25, 0.3) is 0 Å². The molecule has 6 aliphatic rings. The van der Waals surface area contributed by atoms with Crippen LogP contribution in [0.1, 0.15) is 97.2 Å². The summed E-state index contributed by atoms with van der Waals surface area (Å²) in [6.07, 6.45) is 0. The maximum Gasteiger partial charge on any atom is 0.178 e. The van der Waals surface area contributed by atoms with Crippen LogP contribution in [0, 0.1) is 0 Å². The van der Waals surface area contributed by atoms with E-state index >= 15 is 0 Å². The van der Waals surface area contributed by atoms with E-state index in [2.05, 4.69) is 289 Å². The average molecular weight is 1170 g/mol. The Morgan fingerprint density at radius 2 is 0.818 bits per heavy atom. The number of anilines is 3. The number of fused-ring (bicyclic) bond motifs is 18. The minimum absolute atomic E-state index is 0.134. The number of hydrogen-bond acceptors (Lipinski definition) is 6. The van der Waals surface area contributed by atoms with Gasteiger partial charge in [0.1, 0.15) is 11.5 Å². The number of hydrogen-bond donors (Lipinski definition) is 0. The van der Waals surface area contributed by atoms with E-state index in [-0.39, 0.29) is 16.2 Å². The van der Waals surface area contributed by atoms with Crippen molar-refractivity contribution in [3.63, 3.8) is 0 Å². The fourth-order valence-electron chi connectivity index (χ4n) is 15.8. The van der Waals surface area contributed by atoms with E-state index in [0.29, 0.717) is 17.2 Å². The highest BCUT2D eigenvalue weighted by Gasteiger charge is 2.49. The molecule has 0 saturated heterocycles. The number of para-hydroxylation sites is 2. The Labute approximate surface area is 522 Å². The summed E-state index contributed by atoms with van der Waals surface area (Å²) in [5, 5.41) is 0. The molecule has 0 amide bonds. The van der Waals surface area contributed by atoms with Crippen LogP contribution in [0.25, 0.3) is 44.5 Å². The number of benzene rings is 12. The molecule has 4 nitrogen and oxygen atoms in total. The summed E-state index contributed by atoms with van der Waals surface area (Å²) in [6, 6.07) is 91.4. The molecule has 0 unspecified atom stereocenters. The van der Waals surface area contributed by atoms with E-state index in [0.717, 1.165) is 66.4 Å². The minimum Gasteiger partial charge on any atom is -0.454 e. The zero-order chi connectivity index (χ0) is 59.0. The minimum atomic E-state index is -0.575. The van der Waals surface area contributed by atoms with Crippen LogP contribution >= 0.6 is 23.5 Å². The van der Waals surface area contributed by atoms with Crippen LogP contribution in [-0.2, 0) is 21.7 Å². The van der Waals surface area contributed by atoms with Gasteiger partial charge in [-0.15, -0.1) is 0 Å². The Morgan fingerprint density at radius 1 is 0.295 bits per heavy atom. The van der Waals surface area contributed by atoms with E-state index in [1.807, 2.05) is 17.8 Å². The van der Waals surface area contributed by atoms with Gasteiger partial charge in [-0.2, -0.15) is 0 Å². The fourth-order valence-corrected chi connectivity index (χ4v) is 18.4. The van der Waals surface area contributed by atoms with Crippen molar-refractivity contribution in [2.45, 2.75) is 82.8 Å². The predicted molar refractivity (Wildman–Crippen MR) is 359 cm³/mol. The highest BCUT2D eigenvalue weighted by Crippen LogP contribution is 2.65. The van der Waals surface area contributed by atoms with Crippen molar-refractivity contribution in [3.05, 3.63) is 304 Å². The molecule has 0 N–H and O–H groups in total. The lowest BCUT2D eigenvalue weighted by atomic mass is 9.68.